The number of rotatable bonds is 6. The van der Waals surface area contributed by atoms with Crippen LogP contribution in [0.4, 0.5) is 15.9 Å². The number of carbonyl (C=O) groups excluding carboxylic acids is 1. The van der Waals surface area contributed by atoms with Crippen molar-refractivity contribution < 1.29 is 14.4 Å². The second-order valence-electron chi connectivity index (χ2n) is 7.17. The molecule has 166 valence electrons. The molecule has 3 aromatic carbocycles. The topological polar surface area (TPSA) is 116 Å². The first-order chi connectivity index (χ1) is 15.9. The Kier molecular flexibility index (Phi) is 6.03. The van der Waals surface area contributed by atoms with Crippen molar-refractivity contribution in [3.63, 3.8) is 0 Å². The Morgan fingerprint density at radius 3 is 2.21 bits per heavy atom. The molecule has 0 fully saturated rings. The number of hydrogen-bond donors (Lipinski definition) is 4. The second-order valence-corrected chi connectivity index (χ2v) is 7.17. The summed E-state index contributed by atoms with van der Waals surface area (Å²) in [4.78, 5) is 39.5. The Morgan fingerprint density at radius 1 is 0.909 bits per heavy atom. The van der Waals surface area contributed by atoms with Crippen LogP contribution in [-0.2, 0) is 6.54 Å². The molecular weight excluding hydrogens is 427 g/mol. The van der Waals surface area contributed by atoms with Crippen LogP contribution in [0.25, 0.3) is 11.1 Å². The predicted molar refractivity (Wildman–Crippen MR) is 121 cm³/mol. The van der Waals surface area contributed by atoms with Gasteiger partial charge in [-0.15, -0.1) is 0 Å². The molecule has 0 saturated carbocycles. The van der Waals surface area contributed by atoms with Crippen molar-refractivity contribution in [3.05, 3.63) is 117 Å². The Bertz CT molecular complexity index is 1400. The minimum absolute atomic E-state index is 0.00825. The van der Waals surface area contributed by atoms with Crippen LogP contribution in [0.2, 0.25) is 0 Å². The lowest BCUT2D eigenvalue weighted by Crippen LogP contribution is -2.40. The summed E-state index contributed by atoms with van der Waals surface area (Å²) in [6.45, 7) is 0.00825. The molecule has 1 amide bonds. The fraction of sp³-hybridized carbons (Fsp3) is 0.0417. The monoisotopic (exact) mass is 446 g/mol. The van der Waals surface area contributed by atoms with Crippen LogP contribution in [0.5, 0.6) is 0 Å². The summed E-state index contributed by atoms with van der Waals surface area (Å²) in [6, 6.07) is 22.3. The van der Waals surface area contributed by atoms with Gasteiger partial charge >= 0.3 is 11.2 Å². The van der Waals surface area contributed by atoms with Gasteiger partial charge in [0.2, 0.25) is 0 Å². The molecule has 0 unspecified atom stereocenters. The van der Waals surface area contributed by atoms with Crippen LogP contribution < -0.4 is 21.9 Å². The van der Waals surface area contributed by atoms with Crippen LogP contribution in [-0.4, -0.2) is 20.8 Å². The maximum atomic E-state index is 13.1. The zero-order chi connectivity index (χ0) is 23.4. The molecule has 0 aliphatic carbocycles. The number of aromatic nitrogens is 2. The number of hydrogen-bond acceptors (Lipinski definition) is 5. The number of anilines is 2. The normalized spacial score (nSPS) is 10.6. The van der Waals surface area contributed by atoms with E-state index >= 15 is 0 Å². The van der Waals surface area contributed by atoms with Crippen molar-refractivity contribution in [3.8, 4) is 11.1 Å². The summed E-state index contributed by atoms with van der Waals surface area (Å²) in [7, 11) is 0. The van der Waals surface area contributed by atoms with Gasteiger partial charge in [0.05, 0.1) is 0 Å². The van der Waals surface area contributed by atoms with Crippen molar-refractivity contribution in [2.24, 2.45) is 0 Å². The molecule has 1 heterocycles. The van der Waals surface area contributed by atoms with E-state index in [-0.39, 0.29) is 17.1 Å². The van der Waals surface area contributed by atoms with Crippen LogP contribution >= 0.6 is 0 Å². The quantitative estimate of drug-likeness (QED) is 0.339. The fourth-order valence-electron chi connectivity index (χ4n) is 3.23. The van der Waals surface area contributed by atoms with Crippen molar-refractivity contribution in [2.75, 3.05) is 5.32 Å². The summed E-state index contributed by atoms with van der Waals surface area (Å²) in [5, 5.41) is 15.1. The van der Waals surface area contributed by atoms with Gasteiger partial charge < -0.3 is 15.8 Å². The van der Waals surface area contributed by atoms with Crippen molar-refractivity contribution >= 4 is 17.4 Å². The summed E-state index contributed by atoms with van der Waals surface area (Å²) in [5.41, 5.74) is 0.319. The van der Waals surface area contributed by atoms with E-state index in [1.807, 2.05) is 42.5 Å². The average molecular weight is 446 g/mol. The standard InChI is InChI=1S/C24H19FN4O4/c25-18-10-6-15(7-11-18)14-26-22(30)20-21(28-24(32)29(33)23(20)31)27-19-12-8-17(9-13-19)16-4-2-1-3-5-16/h1-13,27,33H,14H2,(H,26,30)(H,28,32). The minimum atomic E-state index is -1.18. The summed E-state index contributed by atoms with van der Waals surface area (Å²) in [6.07, 6.45) is 0. The lowest BCUT2D eigenvalue weighted by atomic mass is 10.1. The van der Waals surface area contributed by atoms with Gasteiger partial charge in [0.25, 0.3) is 5.91 Å². The first kappa shape index (κ1) is 21.6. The zero-order valence-electron chi connectivity index (χ0n) is 17.2. The van der Waals surface area contributed by atoms with E-state index in [4.69, 9.17) is 0 Å². The Labute approximate surface area is 186 Å². The molecule has 9 heteroatoms. The maximum absolute atomic E-state index is 13.1. The molecule has 0 aliphatic rings. The van der Waals surface area contributed by atoms with Gasteiger partial charge in [-0.2, -0.15) is 0 Å². The van der Waals surface area contributed by atoms with E-state index < -0.39 is 28.5 Å². The highest BCUT2D eigenvalue weighted by Gasteiger charge is 2.21. The van der Waals surface area contributed by atoms with E-state index in [0.717, 1.165) is 11.1 Å². The first-order valence-electron chi connectivity index (χ1n) is 9.96. The number of nitrogens with one attached hydrogen (secondary N) is 3. The lowest BCUT2D eigenvalue weighted by Gasteiger charge is -2.13. The largest absolute Gasteiger partial charge is 0.421 e. The van der Waals surface area contributed by atoms with Crippen molar-refractivity contribution in [2.45, 2.75) is 6.54 Å². The van der Waals surface area contributed by atoms with Gasteiger partial charge in [-0.1, -0.05) is 59.3 Å². The molecule has 0 bridgehead atoms. The van der Waals surface area contributed by atoms with Gasteiger partial charge in [0.15, 0.2) is 0 Å². The van der Waals surface area contributed by atoms with Crippen LogP contribution in [0.15, 0.2) is 88.5 Å². The van der Waals surface area contributed by atoms with Crippen molar-refractivity contribution in [1.29, 1.82) is 0 Å². The lowest BCUT2D eigenvalue weighted by molar-refractivity contribution is 0.0940. The van der Waals surface area contributed by atoms with Gasteiger partial charge in [0.1, 0.15) is 17.2 Å². The molecule has 0 radical (unpaired) electrons. The third-order valence-electron chi connectivity index (χ3n) is 4.94. The molecule has 33 heavy (non-hydrogen) atoms. The fourth-order valence-corrected chi connectivity index (χ4v) is 3.23. The molecule has 4 rings (SSSR count). The number of carbonyl (C=O) groups is 1. The highest BCUT2D eigenvalue weighted by atomic mass is 19.1. The Balaban J connectivity index is 1.60. The number of amides is 1. The minimum Gasteiger partial charge on any atom is -0.421 e. The van der Waals surface area contributed by atoms with Gasteiger partial charge in [-0.05, 0) is 41.0 Å². The second kappa shape index (κ2) is 9.23. The van der Waals surface area contributed by atoms with Crippen LogP contribution in [0.3, 0.4) is 0 Å². The number of nitrogens with zero attached hydrogens (tertiary/aromatic N) is 1. The molecule has 4 aromatic rings. The highest BCUT2D eigenvalue weighted by Crippen LogP contribution is 2.23. The molecule has 1 aromatic heterocycles. The summed E-state index contributed by atoms with van der Waals surface area (Å²) in [5.74, 6) is -1.41. The highest BCUT2D eigenvalue weighted by molar-refractivity contribution is 5.99. The van der Waals surface area contributed by atoms with E-state index in [0.29, 0.717) is 11.3 Å². The molecule has 4 N–H and O–H groups in total. The van der Waals surface area contributed by atoms with E-state index in [2.05, 4.69) is 15.6 Å². The van der Waals surface area contributed by atoms with Crippen molar-refractivity contribution in [1.82, 2.24) is 15.0 Å². The molecule has 8 nitrogen and oxygen atoms in total. The van der Waals surface area contributed by atoms with Gasteiger partial charge in [0, 0.05) is 12.2 Å². The van der Waals surface area contributed by atoms with E-state index in [9.17, 15) is 24.0 Å². The maximum Gasteiger partial charge on any atom is 0.363 e. The number of H-pyrrole nitrogens is 1. The Hall–Kier alpha value is -4.66. The first-order valence-corrected chi connectivity index (χ1v) is 9.96. The molecule has 0 saturated heterocycles. The zero-order valence-corrected chi connectivity index (χ0v) is 17.2. The third kappa shape index (κ3) is 4.82. The molecule has 0 spiro atoms. The van der Waals surface area contributed by atoms with Crippen LogP contribution in [0.1, 0.15) is 15.9 Å². The van der Waals surface area contributed by atoms with E-state index in [1.165, 1.54) is 24.3 Å². The molecular formula is C24H19FN4O4. The molecule has 0 atom stereocenters. The predicted octanol–water partition coefficient (Wildman–Crippen LogP) is 3.25. The average Bonchev–Trinajstić information content (AvgIpc) is 2.83. The smallest absolute Gasteiger partial charge is 0.363 e. The summed E-state index contributed by atoms with van der Waals surface area (Å²) < 4.78 is 12.9. The third-order valence-corrected chi connectivity index (χ3v) is 4.94. The Morgan fingerprint density at radius 2 is 1.55 bits per heavy atom. The van der Waals surface area contributed by atoms with Gasteiger partial charge in [-0.3, -0.25) is 14.6 Å². The van der Waals surface area contributed by atoms with E-state index in [1.54, 1.807) is 12.1 Å². The number of aromatic amines is 1. The molecule has 0 aliphatic heterocycles. The van der Waals surface area contributed by atoms with Gasteiger partial charge in [-0.25, -0.2) is 9.18 Å². The summed E-state index contributed by atoms with van der Waals surface area (Å²) >= 11 is 0. The SMILES string of the molecule is O=C(NCc1ccc(F)cc1)c1c(Nc2ccc(-c3ccccc3)cc2)[nH]c(=O)n(O)c1=O. The number of halogens is 1. The number of benzene rings is 3. The van der Waals surface area contributed by atoms with Crippen LogP contribution in [0, 0.1) is 5.82 Å².